The molecule has 0 aliphatic rings. The molecule has 0 aliphatic carbocycles. The molecule has 0 bridgehead atoms. The summed E-state index contributed by atoms with van der Waals surface area (Å²) in [4.78, 5) is 0. The Hall–Kier alpha value is -1.52. The van der Waals surface area contributed by atoms with E-state index in [1.54, 1.807) is 18.2 Å². The lowest BCUT2D eigenvalue weighted by Crippen LogP contribution is -2.33. The van der Waals surface area contributed by atoms with Gasteiger partial charge in [0.15, 0.2) is 6.61 Å². The largest absolute Gasteiger partial charge is 0.487 e. The van der Waals surface area contributed by atoms with Gasteiger partial charge in [-0.2, -0.15) is 8.78 Å². The van der Waals surface area contributed by atoms with Crippen molar-refractivity contribution in [1.82, 2.24) is 0 Å². The average Bonchev–Trinajstić information content (AvgIpc) is 2.27. The third-order valence-electron chi connectivity index (χ3n) is 1.87. The molecule has 0 unspecified atom stereocenters. The van der Waals surface area contributed by atoms with E-state index in [0.29, 0.717) is 0 Å². The van der Waals surface area contributed by atoms with Crippen molar-refractivity contribution in [1.29, 1.82) is 0 Å². The maximum absolute atomic E-state index is 12.5. The molecule has 0 atom stereocenters. The summed E-state index contributed by atoms with van der Waals surface area (Å²) in [6, 6.07) is 6.00. The zero-order chi connectivity index (χ0) is 12.2. The lowest BCUT2D eigenvalue weighted by atomic mass is 10.2. The first kappa shape index (κ1) is 12.5. The van der Waals surface area contributed by atoms with E-state index in [1.807, 2.05) is 0 Å². The van der Waals surface area contributed by atoms with Crippen molar-refractivity contribution in [3.05, 3.63) is 36.4 Å². The zero-order valence-corrected chi connectivity index (χ0v) is 8.30. The molecule has 0 fully saturated rings. The van der Waals surface area contributed by atoms with E-state index in [2.05, 4.69) is 11.3 Å². The summed E-state index contributed by atoms with van der Waals surface area (Å²) in [6.45, 7) is 2.17. The summed E-state index contributed by atoms with van der Waals surface area (Å²) >= 11 is 0. The number of hydrogen-bond acceptors (Lipinski definition) is 1. The van der Waals surface area contributed by atoms with Gasteiger partial charge >= 0.3 is 12.3 Å². The Morgan fingerprint density at radius 1 is 1.25 bits per heavy atom. The lowest BCUT2D eigenvalue weighted by molar-refractivity contribution is -0.148. The summed E-state index contributed by atoms with van der Waals surface area (Å²) in [5.41, 5.74) is 0.785. The van der Waals surface area contributed by atoms with E-state index < -0.39 is 19.0 Å². The third-order valence-corrected chi connectivity index (χ3v) is 1.87. The predicted octanol–water partition coefficient (Wildman–Crippen LogP) is 3.61. The molecule has 0 saturated carbocycles. The molecule has 0 amide bonds. The van der Waals surface area contributed by atoms with Crippen LogP contribution in [0.4, 0.5) is 17.6 Å². The van der Waals surface area contributed by atoms with Gasteiger partial charge < -0.3 is 4.74 Å². The van der Waals surface area contributed by atoms with Crippen LogP contribution in [0.1, 0.15) is 5.56 Å². The molecule has 1 aromatic rings. The molecular formula is C11H10F4O. The second-order valence-corrected chi connectivity index (χ2v) is 3.12. The van der Waals surface area contributed by atoms with Crippen LogP contribution in [0.15, 0.2) is 30.8 Å². The number of rotatable bonds is 5. The van der Waals surface area contributed by atoms with Crippen molar-refractivity contribution in [3.8, 4) is 5.75 Å². The second kappa shape index (κ2) is 5.01. The van der Waals surface area contributed by atoms with Gasteiger partial charge in [0.05, 0.1) is 0 Å². The average molecular weight is 234 g/mol. The Morgan fingerprint density at radius 3 is 2.25 bits per heavy atom. The maximum atomic E-state index is 12.5. The Balaban J connectivity index is 2.58. The first-order chi connectivity index (χ1) is 7.45. The Labute approximate surface area is 90.3 Å². The summed E-state index contributed by atoms with van der Waals surface area (Å²) < 4.78 is 53.1. The highest BCUT2D eigenvalue weighted by atomic mass is 19.3. The van der Waals surface area contributed by atoms with Crippen LogP contribution in [0.2, 0.25) is 0 Å². The van der Waals surface area contributed by atoms with E-state index in [-0.39, 0.29) is 5.75 Å². The third kappa shape index (κ3) is 3.25. The molecule has 0 aliphatic heterocycles. The van der Waals surface area contributed by atoms with Gasteiger partial charge in [0.25, 0.3) is 0 Å². The summed E-state index contributed by atoms with van der Waals surface area (Å²) in [7, 11) is 0. The monoisotopic (exact) mass is 234 g/mol. The van der Waals surface area contributed by atoms with Gasteiger partial charge in [-0.3, -0.25) is 0 Å². The minimum Gasteiger partial charge on any atom is -0.487 e. The highest BCUT2D eigenvalue weighted by Crippen LogP contribution is 2.24. The van der Waals surface area contributed by atoms with Crippen LogP contribution in [0.3, 0.4) is 0 Å². The predicted molar refractivity (Wildman–Crippen MR) is 53.0 cm³/mol. The molecule has 16 heavy (non-hydrogen) atoms. The number of halogens is 4. The van der Waals surface area contributed by atoms with E-state index in [1.165, 1.54) is 12.1 Å². The van der Waals surface area contributed by atoms with E-state index in [4.69, 9.17) is 0 Å². The summed E-state index contributed by atoms with van der Waals surface area (Å²) in [5, 5.41) is 0. The normalized spacial score (nSPS) is 11.6. The first-order valence-corrected chi connectivity index (χ1v) is 4.47. The van der Waals surface area contributed by atoms with Gasteiger partial charge in [-0.1, -0.05) is 24.8 Å². The van der Waals surface area contributed by atoms with Gasteiger partial charge in [0, 0.05) is 0 Å². The molecule has 0 N–H and O–H groups in total. The van der Waals surface area contributed by atoms with Crippen molar-refractivity contribution in [2.75, 3.05) is 6.61 Å². The van der Waals surface area contributed by atoms with Crippen LogP contribution in [0.25, 0.3) is 6.08 Å². The fourth-order valence-electron chi connectivity index (χ4n) is 0.943. The molecule has 0 aromatic heterocycles. The molecule has 5 heteroatoms. The summed E-state index contributed by atoms with van der Waals surface area (Å²) in [6.07, 6.45) is -2.16. The van der Waals surface area contributed by atoms with Crippen molar-refractivity contribution >= 4 is 6.08 Å². The van der Waals surface area contributed by atoms with Crippen molar-refractivity contribution < 1.29 is 22.3 Å². The minimum absolute atomic E-state index is 0.117. The molecular weight excluding hydrogens is 224 g/mol. The lowest BCUT2D eigenvalue weighted by Gasteiger charge is -2.15. The zero-order valence-electron chi connectivity index (χ0n) is 8.30. The number of benzene rings is 1. The Bertz CT molecular complexity index is 346. The van der Waals surface area contributed by atoms with Gasteiger partial charge in [-0.05, 0) is 17.7 Å². The van der Waals surface area contributed by atoms with E-state index >= 15 is 0 Å². The molecule has 1 nitrogen and oxygen atoms in total. The molecule has 0 spiro atoms. The van der Waals surface area contributed by atoms with E-state index in [0.717, 1.165) is 5.56 Å². The molecule has 88 valence electrons. The maximum Gasteiger partial charge on any atom is 0.340 e. The van der Waals surface area contributed by atoms with Crippen LogP contribution in [-0.2, 0) is 0 Å². The fraction of sp³-hybridized carbons (Fsp3) is 0.273. The van der Waals surface area contributed by atoms with E-state index in [9.17, 15) is 17.6 Å². The first-order valence-electron chi connectivity index (χ1n) is 4.47. The molecule has 1 rings (SSSR count). The Morgan fingerprint density at radius 2 is 1.81 bits per heavy atom. The smallest absolute Gasteiger partial charge is 0.340 e. The minimum atomic E-state index is -4.13. The topological polar surface area (TPSA) is 9.23 Å². The molecule has 1 aromatic carbocycles. The fourth-order valence-corrected chi connectivity index (χ4v) is 0.943. The van der Waals surface area contributed by atoms with Crippen LogP contribution in [-0.4, -0.2) is 19.0 Å². The van der Waals surface area contributed by atoms with Crippen molar-refractivity contribution in [3.63, 3.8) is 0 Å². The van der Waals surface area contributed by atoms with Crippen LogP contribution < -0.4 is 4.74 Å². The van der Waals surface area contributed by atoms with Crippen LogP contribution >= 0.6 is 0 Å². The Kier molecular flexibility index (Phi) is 3.93. The number of ether oxygens (including phenoxy) is 1. The van der Waals surface area contributed by atoms with Crippen molar-refractivity contribution in [2.45, 2.75) is 12.3 Å². The van der Waals surface area contributed by atoms with Gasteiger partial charge in [0.2, 0.25) is 0 Å². The standard InChI is InChI=1S/C11H10F4O/c1-2-8-3-5-9(6-4-8)16-7-11(14,15)10(12)13/h2-6,10H,1,7H2. The molecule has 0 saturated heterocycles. The second-order valence-electron chi connectivity index (χ2n) is 3.12. The van der Waals surface area contributed by atoms with Gasteiger partial charge in [0.1, 0.15) is 5.75 Å². The van der Waals surface area contributed by atoms with Crippen LogP contribution in [0, 0.1) is 0 Å². The van der Waals surface area contributed by atoms with Crippen molar-refractivity contribution in [2.24, 2.45) is 0 Å². The SMILES string of the molecule is C=Cc1ccc(OCC(F)(F)C(F)F)cc1. The van der Waals surface area contributed by atoms with Crippen LogP contribution in [0.5, 0.6) is 5.75 Å². The molecule has 0 radical (unpaired) electrons. The van der Waals surface area contributed by atoms with Gasteiger partial charge in [-0.15, -0.1) is 0 Å². The van der Waals surface area contributed by atoms with Gasteiger partial charge in [-0.25, -0.2) is 8.78 Å². The number of hydrogen-bond donors (Lipinski definition) is 0. The highest BCUT2D eigenvalue weighted by molar-refractivity contribution is 5.48. The molecule has 0 heterocycles. The number of alkyl halides is 4. The highest BCUT2D eigenvalue weighted by Gasteiger charge is 2.41. The quantitative estimate of drug-likeness (QED) is 0.707. The summed E-state index contributed by atoms with van der Waals surface area (Å²) in [5.74, 6) is -4.01.